The standard InChI is InChI=1S/C30H36N2O8S/c1-3-4-8-18-40-28-20-24(13-16-26(28)29(34)31-41(2,37)38)22-11-14-25(15-12-22)39-19-17-32(30(35)36)21-27(33)23-9-6-5-7-10-23/h5-7,9-16,20,27,33H,3-4,8,17-19,21H2,1-2H3,(H,31,34)(H,35,36)/t27-/m1/s1. The number of hydrogen-bond acceptors (Lipinski definition) is 7. The minimum Gasteiger partial charge on any atom is -0.493 e. The van der Waals surface area contributed by atoms with Gasteiger partial charge in [0.1, 0.15) is 18.1 Å². The van der Waals surface area contributed by atoms with Gasteiger partial charge < -0.3 is 24.6 Å². The molecule has 0 aliphatic carbocycles. The van der Waals surface area contributed by atoms with Crippen LogP contribution in [0.15, 0.2) is 72.8 Å². The number of unbranched alkanes of at least 4 members (excludes halogenated alkanes) is 2. The smallest absolute Gasteiger partial charge is 0.407 e. The maximum absolute atomic E-state index is 12.5. The highest BCUT2D eigenvalue weighted by Crippen LogP contribution is 2.29. The lowest BCUT2D eigenvalue weighted by atomic mass is 10.0. The lowest BCUT2D eigenvalue weighted by Crippen LogP contribution is -2.36. The monoisotopic (exact) mass is 584 g/mol. The summed E-state index contributed by atoms with van der Waals surface area (Å²) in [7, 11) is -3.74. The van der Waals surface area contributed by atoms with E-state index in [4.69, 9.17) is 9.47 Å². The van der Waals surface area contributed by atoms with Crippen molar-refractivity contribution in [3.8, 4) is 22.6 Å². The van der Waals surface area contributed by atoms with Gasteiger partial charge in [-0.2, -0.15) is 0 Å². The molecule has 10 nitrogen and oxygen atoms in total. The molecule has 0 heterocycles. The fourth-order valence-electron chi connectivity index (χ4n) is 4.04. The molecule has 0 saturated carbocycles. The summed E-state index contributed by atoms with van der Waals surface area (Å²) < 4.78 is 36.7. The van der Waals surface area contributed by atoms with Crippen molar-refractivity contribution in [1.29, 1.82) is 0 Å². The summed E-state index contributed by atoms with van der Waals surface area (Å²) in [5, 5.41) is 19.9. The van der Waals surface area contributed by atoms with Crippen molar-refractivity contribution in [3.05, 3.63) is 83.9 Å². The van der Waals surface area contributed by atoms with Gasteiger partial charge in [0, 0.05) is 0 Å². The second kappa shape index (κ2) is 15.1. The Morgan fingerprint density at radius 2 is 1.61 bits per heavy atom. The zero-order valence-corrected chi connectivity index (χ0v) is 24.0. The van der Waals surface area contributed by atoms with E-state index in [1.165, 1.54) is 6.07 Å². The molecule has 0 aliphatic heterocycles. The van der Waals surface area contributed by atoms with E-state index in [9.17, 15) is 28.2 Å². The first-order valence-electron chi connectivity index (χ1n) is 13.3. The fraction of sp³-hybridized carbons (Fsp3) is 0.333. The SMILES string of the molecule is CCCCCOc1cc(-c2ccc(OCCN(C[C@@H](O)c3ccccc3)C(=O)O)cc2)ccc1C(=O)NS(C)(=O)=O. The number of amides is 2. The van der Waals surface area contributed by atoms with Gasteiger partial charge >= 0.3 is 6.09 Å². The van der Waals surface area contributed by atoms with E-state index in [2.05, 4.69) is 6.92 Å². The first-order valence-corrected chi connectivity index (χ1v) is 15.2. The Morgan fingerprint density at radius 1 is 0.927 bits per heavy atom. The number of carboxylic acid groups (broad SMARTS) is 1. The zero-order valence-electron chi connectivity index (χ0n) is 23.2. The quantitative estimate of drug-likeness (QED) is 0.218. The molecule has 0 fully saturated rings. The van der Waals surface area contributed by atoms with Crippen LogP contribution in [0.2, 0.25) is 0 Å². The molecule has 0 unspecified atom stereocenters. The van der Waals surface area contributed by atoms with Crippen LogP contribution in [0, 0.1) is 0 Å². The topological polar surface area (TPSA) is 142 Å². The van der Waals surface area contributed by atoms with Gasteiger partial charge in [0.05, 0.1) is 37.6 Å². The zero-order chi connectivity index (χ0) is 29.8. The Morgan fingerprint density at radius 3 is 2.24 bits per heavy atom. The molecule has 41 heavy (non-hydrogen) atoms. The third-order valence-electron chi connectivity index (χ3n) is 6.18. The first kappa shape index (κ1) is 31.4. The summed E-state index contributed by atoms with van der Waals surface area (Å²) in [5.74, 6) is 0.0504. The van der Waals surface area contributed by atoms with Gasteiger partial charge in [-0.15, -0.1) is 0 Å². The van der Waals surface area contributed by atoms with Gasteiger partial charge in [-0.1, -0.05) is 68.3 Å². The highest BCUT2D eigenvalue weighted by atomic mass is 32.2. The number of sulfonamides is 1. The van der Waals surface area contributed by atoms with Crippen molar-refractivity contribution in [2.45, 2.75) is 32.3 Å². The number of aliphatic hydroxyl groups is 1. The molecule has 0 spiro atoms. The molecule has 0 aromatic heterocycles. The summed E-state index contributed by atoms with van der Waals surface area (Å²) in [4.78, 5) is 25.3. The van der Waals surface area contributed by atoms with Crippen LogP contribution >= 0.6 is 0 Å². The number of ether oxygens (including phenoxy) is 2. The predicted molar refractivity (Wildman–Crippen MR) is 156 cm³/mol. The summed E-state index contributed by atoms with van der Waals surface area (Å²) >= 11 is 0. The normalized spacial score (nSPS) is 11.9. The minimum atomic E-state index is -3.74. The predicted octanol–water partition coefficient (Wildman–Crippen LogP) is 4.70. The molecular weight excluding hydrogens is 548 g/mol. The molecule has 0 saturated heterocycles. The van der Waals surface area contributed by atoms with E-state index >= 15 is 0 Å². The number of nitrogens with one attached hydrogen (secondary N) is 1. The molecular formula is C30H36N2O8S. The van der Waals surface area contributed by atoms with E-state index in [1.807, 2.05) is 22.9 Å². The average molecular weight is 585 g/mol. The molecule has 3 rings (SSSR count). The maximum atomic E-state index is 12.5. The highest BCUT2D eigenvalue weighted by Gasteiger charge is 2.19. The lowest BCUT2D eigenvalue weighted by molar-refractivity contribution is 0.0894. The number of hydrogen-bond donors (Lipinski definition) is 3. The van der Waals surface area contributed by atoms with Crippen LogP contribution in [0.1, 0.15) is 48.2 Å². The van der Waals surface area contributed by atoms with Gasteiger partial charge in [0.2, 0.25) is 10.0 Å². The van der Waals surface area contributed by atoms with Crippen LogP contribution < -0.4 is 14.2 Å². The van der Waals surface area contributed by atoms with Crippen molar-refractivity contribution in [3.63, 3.8) is 0 Å². The number of carbonyl (C=O) groups excluding carboxylic acids is 1. The Kier molecular flexibility index (Phi) is 11.5. The Hall–Kier alpha value is -4.09. The Labute approximate surface area is 240 Å². The van der Waals surface area contributed by atoms with E-state index in [0.717, 1.165) is 41.5 Å². The fourth-order valence-corrected chi connectivity index (χ4v) is 4.48. The number of rotatable bonds is 15. The molecule has 11 heteroatoms. The lowest BCUT2D eigenvalue weighted by Gasteiger charge is -2.22. The van der Waals surface area contributed by atoms with E-state index in [-0.39, 0.29) is 31.0 Å². The van der Waals surface area contributed by atoms with Crippen LogP contribution in [-0.2, 0) is 10.0 Å². The van der Waals surface area contributed by atoms with Gasteiger partial charge in [0.15, 0.2) is 0 Å². The van der Waals surface area contributed by atoms with Crippen molar-refractivity contribution in [2.24, 2.45) is 0 Å². The molecule has 3 aromatic carbocycles. The number of benzene rings is 3. The summed E-state index contributed by atoms with van der Waals surface area (Å²) in [6, 6.07) is 20.9. The number of aliphatic hydroxyl groups excluding tert-OH is 1. The molecule has 0 aliphatic rings. The largest absolute Gasteiger partial charge is 0.493 e. The van der Waals surface area contributed by atoms with Crippen LogP contribution in [0.25, 0.3) is 11.1 Å². The van der Waals surface area contributed by atoms with Gasteiger partial charge in [0.25, 0.3) is 5.91 Å². The van der Waals surface area contributed by atoms with E-state index < -0.39 is 28.1 Å². The Balaban J connectivity index is 1.65. The van der Waals surface area contributed by atoms with Crippen LogP contribution in [0.4, 0.5) is 4.79 Å². The molecule has 0 radical (unpaired) electrons. The van der Waals surface area contributed by atoms with E-state index in [1.54, 1.807) is 48.5 Å². The highest BCUT2D eigenvalue weighted by molar-refractivity contribution is 7.89. The van der Waals surface area contributed by atoms with Crippen molar-refractivity contribution in [2.75, 3.05) is 32.6 Å². The van der Waals surface area contributed by atoms with Gasteiger partial charge in [-0.25, -0.2) is 17.9 Å². The number of carbonyl (C=O) groups is 2. The molecule has 2 amide bonds. The van der Waals surface area contributed by atoms with Crippen molar-refractivity contribution >= 4 is 22.0 Å². The molecule has 1 atom stereocenters. The summed E-state index contributed by atoms with van der Waals surface area (Å²) in [5.41, 5.74) is 2.32. The van der Waals surface area contributed by atoms with Crippen molar-refractivity contribution < 1.29 is 37.7 Å². The van der Waals surface area contributed by atoms with Crippen molar-refractivity contribution in [1.82, 2.24) is 9.62 Å². The molecule has 0 bridgehead atoms. The van der Waals surface area contributed by atoms with E-state index in [0.29, 0.717) is 17.9 Å². The molecule has 3 aromatic rings. The summed E-state index contributed by atoms with van der Waals surface area (Å²) in [6.45, 7) is 2.53. The number of nitrogens with zero attached hydrogens (tertiary/aromatic N) is 1. The second-order valence-electron chi connectivity index (χ2n) is 9.50. The first-order chi connectivity index (χ1) is 19.6. The van der Waals surface area contributed by atoms with Crippen LogP contribution in [-0.4, -0.2) is 68.1 Å². The van der Waals surface area contributed by atoms with Crippen LogP contribution in [0.5, 0.6) is 11.5 Å². The van der Waals surface area contributed by atoms with Crippen LogP contribution in [0.3, 0.4) is 0 Å². The second-order valence-corrected chi connectivity index (χ2v) is 11.2. The van der Waals surface area contributed by atoms with Gasteiger partial charge in [-0.3, -0.25) is 4.79 Å². The van der Waals surface area contributed by atoms with Gasteiger partial charge in [-0.05, 0) is 47.4 Å². The summed E-state index contributed by atoms with van der Waals surface area (Å²) in [6.07, 6.45) is 1.58. The Bertz CT molecular complexity index is 1400. The molecule has 220 valence electrons. The average Bonchev–Trinajstić information content (AvgIpc) is 2.94. The third kappa shape index (κ3) is 10.1. The maximum Gasteiger partial charge on any atom is 0.407 e. The third-order valence-corrected chi connectivity index (χ3v) is 6.73. The minimum absolute atomic E-state index is 0.0662. The molecule has 3 N–H and O–H groups in total.